The second-order valence-electron chi connectivity index (χ2n) is 10.8. The molecule has 0 fully saturated rings. The maximum Gasteiger partial charge on any atom is -0.0184 e. The Morgan fingerprint density at radius 1 is 0.333 bits per heavy atom. The first-order chi connectivity index (χ1) is 20.7. The van der Waals surface area contributed by atoms with Crippen LogP contribution >= 0.6 is 0 Å². The van der Waals surface area contributed by atoms with Gasteiger partial charge in [0.1, 0.15) is 0 Å². The second-order valence-corrected chi connectivity index (χ2v) is 10.8. The average Bonchev–Trinajstić information content (AvgIpc) is 3.00. The van der Waals surface area contributed by atoms with E-state index in [0.717, 1.165) is 0 Å². The molecule has 210 valence electrons. The summed E-state index contributed by atoms with van der Waals surface area (Å²) < 4.78 is 0. The van der Waals surface area contributed by atoms with Crippen molar-refractivity contribution in [1.82, 2.24) is 0 Å². The van der Waals surface area contributed by atoms with E-state index in [9.17, 15) is 0 Å². The van der Waals surface area contributed by atoms with Gasteiger partial charge in [-0.1, -0.05) is 196 Å². The largest absolute Gasteiger partial charge is 0.0622 e. The molecule has 0 nitrogen and oxygen atoms in total. The first kappa shape index (κ1) is 30.3. The van der Waals surface area contributed by atoms with Crippen LogP contribution in [0.2, 0.25) is 0 Å². The number of allylic oxidation sites excluding steroid dienone is 8. The standard InChI is InChI=1S/C18H22.2C12H10/c1-15(13-17-9-5-3-6-10-17)16(2)14-18-11-7-4-8-12-18;2*1-2-4-8-12-10-6-5-9-11(12)7-3-1/h3-12,15-16H,13-14H2,1-2H3;2*1-10H/b;2*2-1?,3-1?,4-2?,7-3-,8-4?,11-7?,12-8?. The second kappa shape index (κ2) is 17.2. The zero-order chi connectivity index (χ0) is 29.2. The van der Waals surface area contributed by atoms with E-state index >= 15 is 0 Å². The Balaban J connectivity index is 0.000000149. The highest BCUT2D eigenvalue weighted by Gasteiger charge is 2.13. The first-order valence-electron chi connectivity index (χ1n) is 15.0. The molecule has 0 saturated carbocycles. The number of hydrogen-bond acceptors (Lipinski definition) is 0. The van der Waals surface area contributed by atoms with Crippen LogP contribution in [-0.4, -0.2) is 0 Å². The fourth-order valence-corrected chi connectivity index (χ4v) is 4.90. The number of hydrogen-bond donors (Lipinski definition) is 0. The molecule has 4 aromatic rings. The molecule has 0 saturated heterocycles. The third-order valence-electron chi connectivity index (χ3n) is 7.53. The molecule has 0 amide bonds. The number of fused-ring (bicyclic) bond motifs is 2. The highest BCUT2D eigenvalue weighted by atomic mass is 14.2. The van der Waals surface area contributed by atoms with E-state index in [4.69, 9.17) is 0 Å². The van der Waals surface area contributed by atoms with Crippen molar-refractivity contribution in [1.29, 1.82) is 0 Å². The summed E-state index contributed by atoms with van der Waals surface area (Å²) in [5.41, 5.74) is 8.00. The molecule has 0 heterocycles. The summed E-state index contributed by atoms with van der Waals surface area (Å²) in [6, 6.07) is 38.3. The van der Waals surface area contributed by atoms with Crippen molar-refractivity contribution in [2.24, 2.45) is 11.8 Å². The molecule has 4 aromatic carbocycles. The van der Waals surface area contributed by atoms with Crippen molar-refractivity contribution in [2.45, 2.75) is 26.7 Å². The summed E-state index contributed by atoms with van der Waals surface area (Å²) >= 11 is 0. The van der Waals surface area contributed by atoms with Gasteiger partial charge in [-0.2, -0.15) is 0 Å². The van der Waals surface area contributed by atoms with E-state index in [2.05, 4.69) is 172 Å². The fraction of sp³-hybridized carbons (Fsp3) is 0.143. The van der Waals surface area contributed by atoms with Crippen LogP contribution in [0.15, 0.2) is 158 Å². The molecule has 2 aliphatic rings. The van der Waals surface area contributed by atoms with Gasteiger partial charge in [0.15, 0.2) is 0 Å². The lowest BCUT2D eigenvalue weighted by Crippen LogP contribution is -2.13. The van der Waals surface area contributed by atoms with Crippen LogP contribution in [-0.2, 0) is 12.8 Å². The van der Waals surface area contributed by atoms with E-state index in [1.54, 1.807) is 0 Å². The Kier molecular flexibility index (Phi) is 12.4. The van der Waals surface area contributed by atoms with Crippen LogP contribution in [0.5, 0.6) is 0 Å². The monoisotopic (exact) mass is 546 g/mol. The molecule has 6 rings (SSSR count). The average molecular weight is 547 g/mol. The lowest BCUT2D eigenvalue weighted by molar-refractivity contribution is 0.383. The van der Waals surface area contributed by atoms with Crippen molar-refractivity contribution in [3.63, 3.8) is 0 Å². The Labute approximate surface area is 253 Å². The molecular formula is C42H42. The minimum absolute atomic E-state index is 0.715. The molecule has 0 radical (unpaired) electrons. The molecular weight excluding hydrogens is 504 g/mol. The third-order valence-corrected chi connectivity index (χ3v) is 7.53. The van der Waals surface area contributed by atoms with Crippen LogP contribution in [0.25, 0.3) is 24.3 Å². The molecule has 2 atom stereocenters. The van der Waals surface area contributed by atoms with Crippen molar-refractivity contribution in [2.75, 3.05) is 0 Å². The van der Waals surface area contributed by atoms with Gasteiger partial charge in [-0.3, -0.25) is 0 Å². The maximum absolute atomic E-state index is 2.36. The van der Waals surface area contributed by atoms with Gasteiger partial charge in [-0.15, -0.1) is 0 Å². The van der Waals surface area contributed by atoms with Crippen molar-refractivity contribution in [3.8, 4) is 0 Å². The van der Waals surface area contributed by atoms with E-state index in [1.165, 1.54) is 46.2 Å². The van der Waals surface area contributed by atoms with Gasteiger partial charge in [-0.25, -0.2) is 0 Å². The summed E-state index contributed by atoms with van der Waals surface area (Å²) in [7, 11) is 0. The Hall–Kier alpha value is -4.68. The highest BCUT2D eigenvalue weighted by molar-refractivity contribution is 5.68. The van der Waals surface area contributed by atoms with E-state index in [0.29, 0.717) is 11.8 Å². The van der Waals surface area contributed by atoms with Gasteiger partial charge < -0.3 is 0 Å². The molecule has 0 aromatic heterocycles. The van der Waals surface area contributed by atoms with Crippen LogP contribution in [0.3, 0.4) is 0 Å². The highest BCUT2D eigenvalue weighted by Crippen LogP contribution is 2.21. The first-order valence-corrected chi connectivity index (χ1v) is 15.0. The molecule has 0 aliphatic heterocycles. The molecule has 0 spiro atoms. The molecule has 2 aliphatic carbocycles. The minimum atomic E-state index is 0.715. The fourth-order valence-electron chi connectivity index (χ4n) is 4.90. The van der Waals surface area contributed by atoms with Crippen LogP contribution in [0.4, 0.5) is 0 Å². The van der Waals surface area contributed by atoms with Gasteiger partial charge in [0.25, 0.3) is 0 Å². The van der Waals surface area contributed by atoms with E-state index in [-0.39, 0.29) is 0 Å². The quantitative estimate of drug-likeness (QED) is 0.233. The summed E-state index contributed by atoms with van der Waals surface area (Å²) in [5.74, 6) is 1.43. The maximum atomic E-state index is 2.36. The zero-order valence-corrected chi connectivity index (χ0v) is 24.9. The number of rotatable bonds is 5. The molecule has 2 unspecified atom stereocenters. The van der Waals surface area contributed by atoms with Crippen LogP contribution in [0, 0.1) is 11.8 Å². The van der Waals surface area contributed by atoms with Crippen molar-refractivity contribution < 1.29 is 0 Å². The number of benzene rings is 4. The van der Waals surface area contributed by atoms with Gasteiger partial charge in [0, 0.05) is 0 Å². The summed E-state index contributed by atoms with van der Waals surface area (Å²) in [4.78, 5) is 0. The zero-order valence-electron chi connectivity index (χ0n) is 24.9. The van der Waals surface area contributed by atoms with Gasteiger partial charge in [-0.05, 0) is 58.1 Å². The van der Waals surface area contributed by atoms with Gasteiger partial charge in [0.2, 0.25) is 0 Å². The Morgan fingerprint density at radius 3 is 0.881 bits per heavy atom. The third kappa shape index (κ3) is 10.4. The lowest BCUT2D eigenvalue weighted by Gasteiger charge is -2.20. The molecule has 42 heavy (non-hydrogen) atoms. The smallest absolute Gasteiger partial charge is 0.0184 e. The van der Waals surface area contributed by atoms with E-state index in [1.807, 2.05) is 24.3 Å². The van der Waals surface area contributed by atoms with Gasteiger partial charge in [0.05, 0.1) is 0 Å². The van der Waals surface area contributed by atoms with Crippen molar-refractivity contribution in [3.05, 3.63) is 191 Å². The van der Waals surface area contributed by atoms with E-state index < -0.39 is 0 Å². The predicted molar refractivity (Wildman–Crippen MR) is 186 cm³/mol. The topological polar surface area (TPSA) is 0 Å². The summed E-state index contributed by atoms with van der Waals surface area (Å²) in [6.45, 7) is 4.72. The Bertz CT molecular complexity index is 1340. The Morgan fingerprint density at radius 2 is 0.595 bits per heavy atom. The summed E-state index contributed by atoms with van der Waals surface area (Å²) in [5, 5.41) is 0. The summed E-state index contributed by atoms with van der Waals surface area (Å²) in [6.07, 6.45) is 27.2. The van der Waals surface area contributed by atoms with Crippen LogP contribution in [0.1, 0.15) is 47.2 Å². The molecule has 0 N–H and O–H groups in total. The SMILES string of the molecule is C1=C/C=C\c2ccccc2C=C1.C1=C/C=C\c2ccccc2C=C1.CC(Cc1ccccc1)C(C)Cc1ccccc1. The normalized spacial score (nSPS) is 15.4. The molecule has 0 bridgehead atoms. The minimum Gasteiger partial charge on any atom is -0.0622 e. The lowest BCUT2D eigenvalue weighted by atomic mass is 9.85. The van der Waals surface area contributed by atoms with Crippen molar-refractivity contribution >= 4 is 24.3 Å². The van der Waals surface area contributed by atoms with Gasteiger partial charge >= 0.3 is 0 Å². The predicted octanol–water partition coefficient (Wildman–Crippen LogP) is 11.3. The molecule has 0 heteroatoms. The van der Waals surface area contributed by atoms with Crippen LogP contribution < -0.4 is 0 Å².